The maximum atomic E-state index is 11.4. The maximum absolute atomic E-state index is 11.4. The van der Waals surface area contributed by atoms with Crippen molar-refractivity contribution < 1.29 is 31.2 Å². The number of rotatable bonds is 7. The molecule has 9 heteroatoms. The van der Waals surface area contributed by atoms with E-state index >= 15 is 0 Å². The Labute approximate surface area is 95.1 Å². The molecule has 0 N–H and O–H groups in total. The Morgan fingerprint density at radius 1 is 1.31 bits per heavy atom. The van der Waals surface area contributed by atoms with Crippen LogP contribution in [0.15, 0.2) is 0 Å². The second-order valence-corrected chi connectivity index (χ2v) is 5.82. The average Bonchev–Trinajstić information content (AvgIpc) is 2.13. The molecule has 0 aliphatic carbocycles. The van der Waals surface area contributed by atoms with Crippen LogP contribution in [0.25, 0.3) is 0 Å². The van der Waals surface area contributed by atoms with E-state index in [-0.39, 0.29) is 13.2 Å². The first kappa shape index (κ1) is 15.4. The Bertz CT molecular complexity index is 350. The minimum absolute atomic E-state index is 0.0363. The van der Waals surface area contributed by atoms with E-state index in [4.69, 9.17) is 0 Å². The predicted octanol–water partition coefficient (Wildman–Crippen LogP) is 0.978. The molecular weight excluding hydrogens is 259 g/mol. The van der Waals surface area contributed by atoms with E-state index in [0.717, 1.165) is 6.92 Å². The lowest BCUT2D eigenvalue weighted by Gasteiger charge is -2.06. The molecule has 0 aliphatic heterocycles. The van der Waals surface area contributed by atoms with E-state index in [1.807, 2.05) is 0 Å². The Hall–Kier alpha value is -0.560. The summed E-state index contributed by atoms with van der Waals surface area (Å²) in [6.07, 6.45) is 0. The fourth-order valence-electron chi connectivity index (χ4n) is 0.760. The molecule has 0 aliphatic rings. The molecular formula is C7H14O7PS+. The third-order valence-electron chi connectivity index (χ3n) is 1.22. The predicted molar refractivity (Wildman–Crippen MR) is 55.3 cm³/mol. The molecule has 0 aromatic carbocycles. The molecule has 0 radical (unpaired) electrons. The smallest absolute Gasteiger partial charge is 0.400 e. The van der Waals surface area contributed by atoms with Crippen molar-refractivity contribution in [3.63, 3.8) is 0 Å². The van der Waals surface area contributed by atoms with Gasteiger partial charge in [-0.1, -0.05) is 0 Å². The lowest BCUT2D eigenvalue weighted by Crippen LogP contribution is -2.26. The van der Waals surface area contributed by atoms with Gasteiger partial charge in [-0.15, -0.1) is 4.52 Å². The highest BCUT2D eigenvalue weighted by Crippen LogP contribution is 2.34. The Morgan fingerprint density at radius 2 is 1.88 bits per heavy atom. The highest BCUT2D eigenvalue weighted by molar-refractivity contribution is 7.92. The summed E-state index contributed by atoms with van der Waals surface area (Å²) in [5.41, 5.74) is 0. The quantitative estimate of drug-likeness (QED) is 0.387. The van der Waals surface area contributed by atoms with Gasteiger partial charge in [0.2, 0.25) is 0 Å². The highest BCUT2D eigenvalue weighted by atomic mass is 32.2. The monoisotopic (exact) mass is 273 g/mol. The molecule has 7 nitrogen and oxygen atoms in total. The first-order chi connectivity index (χ1) is 7.35. The van der Waals surface area contributed by atoms with E-state index in [0.29, 0.717) is 0 Å². The van der Waals surface area contributed by atoms with Crippen LogP contribution in [0, 0.1) is 0 Å². The fourth-order valence-corrected chi connectivity index (χ4v) is 3.28. The van der Waals surface area contributed by atoms with Crippen molar-refractivity contribution in [1.29, 1.82) is 0 Å². The molecule has 0 saturated carbocycles. The molecule has 0 amide bonds. The summed E-state index contributed by atoms with van der Waals surface area (Å²) in [5, 5.41) is -1.92. The van der Waals surface area contributed by atoms with Crippen LogP contribution in [0.2, 0.25) is 0 Å². The van der Waals surface area contributed by atoms with Crippen molar-refractivity contribution in [3.05, 3.63) is 0 Å². The standard InChI is InChI=1S/C7H14O7PS/c1-4-12-15(9)7(14-6(3)8)16(10,11)13-5-2/h7H,4-5H2,1-3H3/q+1. The van der Waals surface area contributed by atoms with Crippen LogP contribution < -0.4 is 0 Å². The van der Waals surface area contributed by atoms with Crippen molar-refractivity contribution in [3.8, 4) is 0 Å². The van der Waals surface area contributed by atoms with E-state index < -0.39 is 29.3 Å². The van der Waals surface area contributed by atoms with Crippen molar-refractivity contribution in [2.75, 3.05) is 13.2 Å². The molecule has 0 aromatic heterocycles. The van der Waals surface area contributed by atoms with Crippen LogP contribution in [-0.4, -0.2) is 32.8 Å². The van der Waals surface area contributed by atoms with Gasteiger partial charge in [0.25, 0.3) is 0 Å². The van der Waals surface area contributed by atoms with Crippen LogP contribution >= 0.6 is 8.03 Å². The molecule has 94 valence electrons. The van der Waals surface area contributed by atoms with Gasteiger partial charge in [-0.3, -0.25) is 8.98 Å². The average molecular weight is 273 g/mol. The first-order valence-corrected chi connectivity index (χ1v) is 7.21. The van der Waals surface area contributed by atoms with E-state index in [1.54, 1.807) is 0 Å². The van der Waals surface area contributed by atoms with Gasteiger partial charge in [-0.05, 0) is 18.4 Å². The summed E-state index contributed by atoms with van der Waals surface area (Å²) < 4.78 is 47.7. The van der Waals surface area contributed by atoms with Crippen LogP contribution in [0.5, 0.6) is 0 Å². The topological polar surface area (TPSA) is 96.0 Å². The van der Waals surface area contributed by atoms with Gasteiger partial charge in [0, 0.05) is 6.92 Å². The zero-order chi connectivity index (χ0) is 12.8. The Kier molecular flexibility index (Phi) is 6.66. The summed E-state index contributed by atoms with van der Waals surface area (Å²) in [6, 6.07) is 0. The minimum atomic E-state index is -4.24. The fraction of sp³-hybridized carbons (Fsp3) is 0.857. The Balaban J connectivity index is 4.93. The minimum Gasteiger partial charge on any atom is -0.400 e. The lowest BCUT2D eigenvalue weighted by atomic mass is 10.8. The van der Waals surface area contributed by atoms with Crippen molar-refractivity contribution in [1.82, 2.24) is 0 Å². The number of esters is 1. The first-order valence-electron chi connectivity index (χ1n) is 4.49. The van der Waals surface area contributed by atoms with Crippen LogP contribution in [0.3, 0.4) is 0 Å². The Morgan fingerprint density at radius 3 is 2.25 bits per heavy atom. The van der Waals surface area contributed by atoms with E-state index in [2.05, 4.69) is 13.4 Å². The molecule has 0 fully saturated rings. The summed E-state index contributed by atoms with van der Waals surface area (Å²) in [7, 11) is -6.92. The van der Waals surface area contributed by atoms with Crippen molar-refractivity contribution in [2.45, 2.75) is 25.9 Å². The molecule has 0 aromatic rings. The number of ether oxygens (including phenoxy) is 1. The van der Waals surface area contributed by atoms with Gasteiger partial charge in [-0.2, -0.15) is 8.42 Å². The second-order valence-electron chi connectivity index (χ2n) is 2.52. The third kappa shape index (κ3) is 4.98. The molecule has 0 rings (SSSR count). The number of carbonyl (C=O) groups excluding carboxylic acids is 1. The molecule has 0 saturated heterocycles. The molecule has 0 heterocycles. The van der Waals surface area contributed by atoms with Crippen molar-refractivity contribution >= 4 is 24.1 Å². The molecule has 0 bridgehead atoms. The number of carbonyl (C=O) groups is 1. The summed E-state index contributed by atoms with van der Waals surface area (Å²) in [4.78, 5) is 10.7. The molecule has 2 unspecified atom stereocenters. The summed E-state index contributed by atoms with van der Waals surface area (Å²) in [5.74, 6) is -0.878. The number of hydrogen-bond acceptors (Lipinski definition) is 7. The van der Waals surface area contributed by atoms with E-state index in [1.165, 1.54) is 13.8 Å². The number of hydrogen-bond donors (Lipinski definition) is 0. The summed E-state index contributed by atoms with van der Waals surface area (Å²) in [6.45, 7) is 3.87. The van der Waals surface area contributed by atoms with Gasteiger partial charge in [0.1, 0.15) is 0 Å². The van der Waals surface area contributed by atoms with Gasteiger partial charge in [-0.25, -0.2) is 0 Å². The van der Waals surface area contributed by atoms with E-state index in [9.17, 15) is 17.8 Å². The largest absolute Gasteiger partial charge is 0.573 e. The second kappa shape index (κ2) is 6.90. The normalized spacial score (nSPS) is 14.3. The van der Waals surface area contributed by atoms with Crippen molar-refractivity contribution in [2.24, 2.45) is 0 Å². The lowest BCUT2D eigenvalue weighted by molar-refractivity contribution is -0.140. The van der Waals surface area contributed by atoms with Gasteiger partial charge >= 0.3 is 29.3 Å². The van der Waals surface area contributed by atoms with Crippen LogP contribution in [0.1, 0.15) is 20.8 Å². The third-order valence-corrected chi connectivity index (χ3v) is 4.63. The molecule has 2 atom stereocenters. The van der Waals surface area contributed by atoms with Gasteiger partial charge in [0.05, 0.1) is 13.2 Å². The van der Waals surface area contributed by atoms with Gasteiger partial charge in [0.15, 0.2) is 0 Å². The zero-order valence-corrected chi connectivity index (χ0v) is 10.9. The van der Waals surface area contributed by atoms with Crippen LogP contribution in [-0.2, 0) is 32.9 Å². The van der Waals surface area contributed by atoms with Crippen LogP contribution in [0.4, 0.5) is 0 Å². The highest BCUT2D eigenvalue weighted by Gasteiger charge is 2.48. The zero-order valence-electron chi connectivity index (χ0n) is 9.20. The maximum Gasteiger partial charge on any atom is 0.573 e. The summed E-state index contributed by atoms with van der Waals surface area (Å²) >= 11 is 0. The molecule has 16 heavy (non-hydrogen) atoms. The van der Waals surface area contributed by atoms with Gasteiger partial charge < -0.3 is 4.74 Å². The SMILES string of the molecule is CCO[P+](=O)C(OC(C)=O)S(=O)(=O)OCC. The molecule has 0 spiro atoms.